The van der Waals surface area contributed by atoms with Gasteiger partial charge in [0.25, 0.3) is 0 Å². The standard InChI is InChI=1S/C19H30O/c1-18-11-4-6-15(18)14-9-8-13-5-3-7-17(20)19(13,2)16(14)10-12-18/h8,14-17,20H,3-7,9-12H2,1-2H3/t14-,15-,16-,17?,18-,19-/m0/s1. The third kappa shape index (κ3) is 1.59. The molecule has 0 aromatic heterocycles. The maximum absolute atomic E-state index is 10.8. The molecule has 0 saturated heterocycles. The molecule has 4 rings (SSSR count). The Bertz CT molecular complexity index is 439. The first kappa shape index (κ1) is 13.4. The first-order chi connectivity index (χ1) is 9.56. The summed E-state index contributed by atoms with van der Waals surface area (Å²) in [4.78, 5) is 0. The Hall–Kier alpha value is -0.300. The maximum atomic E-state index is 10.8. The fourth-order valence-corrected chi connectivity index (χ4v) is 6.71. The zero-order chi connectivity index (χ0) is 14.0. The second-order valence-corrected chi connectivity index (χ2v) is 8.62. The largest absolute Gasteiger partial charge is 0.392 e. The summed E-state index contributed by atoms with van der Waals surface area (Å²) in [5.74, 6) is 2.55. The van der Waals surface area contributed by atoms with Gasteiger partial charge in [-0.15, -0.1) is 0 Å². The summed E-state index contributed by atoms with van der Waals surface area (Å²) in [6.07, 6.45) is 14.4. The molecule has 0 heterocycles. The van der Waals surface area contributed by atoms with E-state index in [1.54, 1.807) is 5.57 Å². The third-order valence-corrected chi connectivity index (χ3v) is 7.93. The second kappa shape index (κ2) is 4.35. The van der Waals surface area contributed by atoms with Crippen LogP contribution in [0.4, 0.5) is 0 Å². The van der Waals surface area contributed by atoms with Crippen LogP contribution in [0.3, 0.4) is 0 Å². The van der Waals surface area contributed by atoms with Gasteiger partial charge >= 0.3 is 0 Å². The van der Waals surface area contributed by atoms with Crippen LogP contribution in [0.25, 0.3) is 0 Å². The number of fused-ring (bicyclic) bond motifs is 5. The molecule has 4 aliphatic rings. The lowest BCUT2D eigenvalue weighted by Gasteiger charge is -2.58. The van der Waals surface area contributed by atoms with Crippen LogP contribution < -0.4 is 0 Å². The predicted octanol–water partition coefficient (Wildman–Crippen LogP) is 4.70. The van der Waals surface area contributed by atoms with E-state index in [9.17, 15) is 5.11 Å². The lowest BCUT2D eigenvalue weighted by atomic mass is 9.47. The summed E-state index contributed by atoms with van der Waals surface area (Å²) in [6, 6.07) is 0. The molecule has 0 bridgehead atoms. The van der Waals surface area contributed by atoms with Crippen LogP contribution in [0, 0.1) is 28.6 Å². The molecular formula is C19H30O. The highest BCUT2D eigenvalue weighted by atomic mass is 16.3. The molecule has 3 fully saturated rings. The molecule has 0 radical (unpaired) electrons. The van der Waals surface area contributed by atoms with Crippen LogP contribution in [-0.4, -0.2) is 11.2 Å². The second-order valence-electron chi connectivity index (χ2n) is 8.62. The average molecular weight is 274 g/mol. The van der Waals surface area contributed by atoms with Gasteiger partial charge in [0, 0.05) is 5.41 Å². The highest BCUT2D eigenvalue weighted by Gasteiger charge is 2.57. The molecule has 1 N–H and O–H groups in total. The van der Waals surface area contributed by atoms with Crippen molar-refractivity contribution in [3.8, 4) is 0 Å². The van der Waals surface area contributed by atoms with Crippen molar-refractivity contribution in [2.75, 3.05) is 0 Å². The first-order valence-corrected chi connectivity index (χ1v) is 8.93. The first-order valence-electron chi connectivity index (χ1n) is 8.93. The molecule has 1 heteroatoms. The number of allylic oxidation sites excluding steroid dienone is 1. The van der Waals surface area contributed by atoms with E-state index in [4.69, 9.17) is 0 Å². The van der Waals surface area contributed by atoms with E-state index >= 15 is 0 Å². The van der Waals surface area contributed by atoms with Gasteiger partial charge in [-0.25, -0.2) is 0 Å². The van der Waals surface area contributed by atoms with Gasteiger partial charge in [0.1, 0.15) is 0 Å². The summed E-state index contributed by atoms with van der Waals surface area (Å²) in [6.45, 7) is 4.96. The van der Waals surface area contributed by atoms with Gasteiger partial charge in [-0.05, 0) is 74.5 Å². The highest BCUT2D eigenvalue weighted by molar-refractivity contribution is 5.26. The van der Waals surface area contributed by atoms with Gasteiger partial charge in [-0.1, -0.05) is 31.9 Å². The molecule has 0 aromatic carbocycles. The molecule has 0 spiro atoms. The van der Waals surface area contributed by atoms with Gasteiger partial charge in [-0.3, -0.25) is 0 Å². The Morgan fingerprint density at radius 3 is 2.75 bits per heavy atom. The SMILES string of the molecule is C[C@@]12CCC[C@H]1[C@@H]1CC=C3CCCC(O)[C@]3(C)[C@H]1CC2. The molecule has 3 saturated carbocycles. The summed E-state index contributed by atoms with van der Waals surface area (Å²) in [7, 11) is 0. The molecule has 112 valence electrons. The summed E-state index contributed by atoms with van der Waals surface area (Å²) in [5.41, 5.74) is 2.35. The van der Waals surface area contributed by atoms with Crippen molar-refractivity contribution in [2.24, 2.45) is 28.6 Å². The summed E-state index contributed by atoms with van der Waals surface area (Å²) in [5, 5.41) is 10.8. The Kier molecular flexibility index (Phi) is 2.91. The van der Waals surface area contributed by atoms with Gasteiger partial charge in [0.05, 0.1) is 6.10 Å². The van der Waals surface area contributed by atoms with E-state index in [2.05, 4.69) is 19.9 Å². The fraction of sp³-hybridized carbons (Fsp3) is 0.895. The molecule has 4 aliphatic carbocycles. The zero-order valence-corrected chi connectivity index (χ0v) is 13.2. The average Bonchev–Trinajstić information content (AvgIpc) is 2.82. The van der Waals surface area contributed by atoms with E-state index in [-0.39, 0.29) is 11.5 Å². The van der Waals surface area contributed by atoms with E-state index in [1.165, 1.54) is 51.4 Å². The van der Waals surface area contributed by atoms with Crippen LogP contribution in [0.2, 0.25) is 0 Å². The van der Waals surface area contributed by atoms with Crippen LogP contribution in [0.1, 0.15) is 71.6 Å². The summed E-state index contributed by atoms with van der Waals surface area (Å²) < 4.78 is 0. The van der Waals surface area contributed by atoms with Gasteiger partial charge in [-0.2, -0.15) is 0 Å². The minimum atomic E-state index is -0.0824. The van der Waals surface area contributed by atoms with Crippen molar-refractivity contribution in [2.45, 2.75) is 77.7 Å². The van der Waals surface area contributed by atoms with Crippen LogP contribution >= 0.6 is 0 Å². The van der Waals surface area contributed by atoms with Gasteiger partial charge in [0.15, 0.2) is 0 Å². The maximum Gasteiger partial charge on any atom is 0.0633 e. The minimum absolute atomic E-state index is 0.0824. The van der Waals surface area contributed by atoms with E-state index in [1.807, 2.05) is 0 Å². The van der Waals surface area contributed by atoms with E-state index in [0.717, 1.165) is 24.2 Å². The molecule has 20 heavy (non-hydrogen) atoms. The Labute approximate surface area is 123 Å². The molecule has 0 aliphatic heterocycles. The van der Waals surface area contributed by atoms with E-state index < -0.39 is 0 Å². The number of hydrogen-bond donors (Lipinski definition) is 1. The Balaban J connectivity index is 1.72. The molecule has 0 aromatic rings. The smallest absolute Gasteiger partial charge is 0.0633 e. The number of aliphatic hydroxyl groups is 1. The molecule has 1 unspecified atom stereocenters. The summed E-state index contributed by atoms with van der Waals surface area (Å²) >= 11 is 0. The van der Waals surface area contributed by atoms with Crippen LogP contribution in [-0.2, 0) is 0 Å². The van der Waals surface area contributed by atoms with Crippen molar-refractivity contribution < 1.29 is 5.11 Å². The zero-order valence-electron chi connectivity index (χ0n) is 13.2. The van der Waals surface area contributed by atoms with Crippen molar-refractivity contribution in [3.05, 3.63) is 11.6 Å². The Morgan fingerprint density at radius 1 is 1.05 bits per heavy atom. The van der Waals surface area contributed by atoms with Crippen molar-refractivity contribution >= 4 is 0 Å². The Morgan fingerprint density at radius 2 is 1.90 bits per heavy atom. The highest BCUT2D eigenvalue weighted by Crippen LogP contribution is 2.64. The van der Waals surface area contributed by atoms with Crippen molar-refractivity contribution in [1.82, 2.24) is 0 Å². The molecule has 0 amide bonds. The fourth-order valence-electron chi connectivity index (χ4n) is 6.71. The minimum Gasteiger partial charge on any atom is -0.392 e. The quantitative estimate of drug-likeness (QED) is 0.635. The van der Waals surface area contributed by atoms with Crippen molar-refractivity contribution in [1.29, 1.82) is 0 Å². The number of hydrogen-bond acceptors (Lipinski definition) is 1. The lowest BCUT2D eigenvalue weighted by Crippen LogP contribution is -2.53. The van der Waals surface area contributed by atoms with Crippen LogP contribution in [0.5, 0.6) is 0 Å². The normalized spacial score (nSPS) is 54.6. The molecule has 1 nitrogen and oxygen atoms in total. The molecule has 6 atom stereocenters. The predicted molar refractivity (Wildman–Crippen MR) is 82.3 cm³/mol. The number of rotatable bonds is 0. The van der Waals surface area contributed by atoms with E-state index in [0.29, 0.717) is 5.41 Å². The number of aliphatic hydroxyl groups excluding tert-OH is 1. The van der Waals surface area contributed by atoms with Crippen molar-refractivity contribution in [3.63, 3.8) is 0 Å². The topological polar surface area (TPSA) is 20.2 Å². The third-order valence-electron chi connectivity index (χ3n) is 7.93. The monoisotopic (exact) mass is 274 g/mol. The lowest BCUT2D eigenvalue weighted by molar-refractivity contribution is -0.0814. The molecular weight excluding hydrogens is 244 g/mol. The van der Waals surface area contributed by atoms with Gasteiger partial charge in [0.2, 0.25) is 0 Å². The van der Waals surface area contributed by atoms with Crippen LogP contribution in [0.15, 0.2) is 11.6 Å². The van der Waals surface area contributed by atoms with Gasteiger partial charge < -0.3 is 5.11 Å².